The zero-order chi connectivity index (χ0) is 47.2. The van der Waals surface area contributed by atoms with Gasteiger partial charge in [-0.2, -0.15) is 0 Å². The first-order valence-electron chi connectivity index (χ1n) is 26.7. The summed E-state index contributed by atoms with van der Waals surface area (Å²) in [6.45, 7) is 6.42. The zero-order valence-corrected chi connectivity index (χ0v) is 42.2. The van der Waals surface area contributed by atoms with E-state index in [4.69, 9.17) is 14.2 Å². The predicted molar refractivity (Wildman–Crippen MR) is 279 cm³/mol. The molecule has 0 aromatic rings. The molecular weight excluding hydrogens is 805 g/mol. The molecule has 0 fully saturated rings. The van der Waals surface area contributed by atoms with Gasteiger partial charge in [0, 0.05) is 19.3 Å². The van der Waals surface area contributed by atoms with Gasteiger partial charge >= 0.3 is 17.9 Å². The molecule has 0 aliphatic carbocycles. The van der Waals surface area contributed by atoms with E-state index in [0.29, 0.717) is 19.3 Å². The third kappa shape index (κ3) is 51.2. The van der Waals surface area contributed by atoms with Crippen molar-refractivity contribution < 1.29 is 28.6 Å². The molecule has 0 radical (unpaired) electrons. The molecule has 0 aromatic heterocycles. The van der Waals surface area contributed by atoms with Crippen LogP contribution < -0.4 is 0 Å². The standard InChI is InChI=1S/C59H98O6/c1-4-7-10-13-16-19-22-25-28-29-32-34-37-40-43-46-49-52-58(61)64-55-56(65-59(62)53-50-47-44-41-38-35-31-27-24-21-18-15-12-9-6-3)54-63-57(60)51-48-45-42-39-36-33-30-26-23-20-17-14-11-8-5-2/h8,11,16-17,19-20,25-28,30-32,34,40,43,56H,4-7,9-10,12-15,18,21-24,29,33,35-39,41-42,44-55H2,1-3H3. The Balaban J connectivity index is 4.52. The third-order valence-corrected chi connectivity index (χ3v) is 11.0. The Morgan fingerprint density at radius 1 is 0.323 bits per heavy atom. The van der Waals surface area contributed by atoms with Gasteiger partial charge in [-0.1, -0.05) is 201 Å². The maximum Gasteiger partial charge on any atom is 0.306 e. The van der Waals surface area contributed by atoms with Gasteiger partial charge in [0.05, 0.1) is 0 Å². The fourth-order valence-corrected chi connectivity index (χ4v) is 7.03. The number of ether oxygens (including phenoxy) is 3. The van der Waals surface area contributed by atoms with Crippen LogP contribution in [-0.2, 0) is 28.6 Å². The maximum atomic E-state index is 12.8. The summed E-state index contributed by atoms with van der Waals surface area (Å²) >= 11 is 0. The summed E-state index contributed by atoms with van der Waals surface area (Å²) in [5.41, 5.74) is 0. The number of rotatable bonds is 47. The van der Waals surface area contributed by atoms with Crippen molar-refractivity contribution in [3.05, 3.63) is 97.2 Å². The van der Waals surface area contributed by atoms with Crippen molar-refractivity contribution in [1.82, 2.24) is 0 Å². The van der Waals surface area contributed by atoms with Crippen molar-refractivity contribution in [3.63, 3.8) is 0 Å². The minimum Gasteiger partial charge on any atom is -0.462 e. The molecule has 0 amide bonds. The molecule has 0 aliphatic heterocycles. The minimum absolute atomic E-state index is 0.108. The summed E-state index contributed by atoms with van der Waals surface area (Å²) in [7, 11) is 0. The van der Waals surface area contributed by atoms with Gasteiger partial charge in [-0.25, -0.2) is 0 Å². The lowest BCUT2D eigenvalue weighted by Gasteiger charge is -2.18. The van der Waals surface area contributed by atoms with Crippen LogP contribution in [0.3, 0.4) is 0 Å². The largest absolute Gasteiger partial charge is 0.462 e. The fourth-order valence-electron chi connectivity index (χ4n) is 7.03. The number of carbonyl (C=O) groups is 3. The summed E-state index contributed by atoms with van der Waals surface area (Å²) in [4.78, 5) is 38.0. The second-order valence-corrected chi connectivity index (χ2v) is 17.4. The highest BCUT2D eigenvalue weighted by atomic mass is 16.6. The molecule has 370 valence electrons. The van der Waals surface area contributed by atoms with E-state index in [9.17, 15) is 14.4 Å². The molecule has 0 spiro atoms. The van der Waals surface area contributed by atoms with Crippen LogP contribution >= 0.6 is 0 Å². The molecule has 1 unspecified atom stereocenters. The maximum absolute atomic E-state index is 12.8. The predicted octanol–water partition coefficient (Wildman–Crippen LogP) is 17.8. The molecule has 0 aliphatic rings. The molecule has 0 saturated carbocycles. The average Bonchev–Trinajstić information content (AvgIpc) is 3.30. The molecule has 0 heterocycles. The highest BCUT2D eigenvalue weighted by Gasteiger charge is 2.19. The highest BCUT2D eigenvalue weighted by molar-refractivity contribution is 5.71. The third-order valence-electron chi connectivity index (χ3n) is 11.0. The van der Waals surface area contributed by atoms with Crippen LogP contribution in [0.5, 0.6) is 0 Å². The van der Waals surface area contributed by atoms with E-state index in [-0.39, 0.29) is 37.5 Å². The number of unbranched alkanes of at least 4 members (excludes halogenated alkanes) is 20. The van der Waals surface area contributed by atoms with Gasteiger partial charge in [0.2, 0.25) is 0 Å². The first kappa shape index (κ1) is 61.3. The lowest BCUT2D eigenvalue weighted by molar-refractivity contribution is -0.167. The topological polar surface area (TPSA) is 78.9 Å². The van der Waals surface area contributed by atoms with Gasteiger partial charge in [0.25, 0.3) is 0 Å². The van der Waals surface area contributed by atoms with Crippen LogP contribution in [0.2, 0.25) is 0 Å². The highest BCUT2D eigenvalue weighted by Crippen LogP contribution is 2.13. The normalized spacial score (nSPS) is 12.8. The van der Waals surface area contributed by atoms with Gasteiger partial charge in [-0.15, -0.1) is 0 Å². The minimum atomic E-state index is -0.812. The monoisotopic (exact) mass is 903 g/mol. The Hall–Kier alpha value is -3.67. The van der Waals surface area contributed by atoms with Gasteiger partial charge in [0.15, 0.2) is 6.10 Å². The van der Waals surface area contributed by atoms with E-state index >= 15 is 0 Å². The van der Waals surface area contributed by atoms with E-state index in [1.54, 1.807) is 0 Å². The molecule has 1 atom stereocenters. The quantitative estimate of drug-likeness (QED) is 0.0262. The van der Waals surface area contributed by atoms with E-state index in [2.05, 4.69) is 118 Å². The van der Waals surface area contributed by atoms with Crippen molar-refractivity contribution in [2.75, 3.05) is 13.2 Å². The molecule has 65 heavy (non-hydrogen) atoms. The molecule has 0 rings (SSSR count). The summed E-state index contributed by atoms with van der Waals surface area (Å²) in [5, 5.41) is 0. The second kappa shape index (κ2) is 52.9. The Labute approximate surface area is 400 Å². The molecular formula is C59H98O6. The van der Waals surface area contributed by atoms with Crippen molar-refractivity contribution >= 4 is 17.9 Å². The van der Waals surface area contributed by atoms with Crippen LogP contribution in [0.1, 0.15) is 239 Å². The molecule has 6 nitrogen and oxygen atoms in total. The Kier molecular flexibility index (Phi) is 50.0. The summed E-state index contributed by atoms with van der Waals surface area (Å²) < 4.78 is 16.8. The lowest BCUT2D eigenvalue weighted by Crippen LogP contribution is -2.30. The lowest BCUT2D eigenvalue weighted by atomic mass is 10.1. The average molecular weight is 903 g/mol. The van der Waals surface area contributed by atoms with Crippen LogP contribution in [0.15, 0.2) is 97.2 Å². The molecule has 6 heteroatoms. The van der Waals surface area contributed by atoms with Crippen molar-refractivity contribution in [2.45, 2.75) is 245 Å². The second-order valence-electron chi connectivity index (χ2n) is 17.4. The van der Waals surface area contributed by atoms with Crippen molar-refractivity contribution in [3.8, 4) is 0 Å². The first-order chi connectivity index (χ1) is 32.0. The van der Waals surface area contributed by atoms with Crippen LogP contribution in [0, 0.1) is 0 Å². The fraction of sp³-hybridized carbons (Fsp3) is 0.678. The van der Waals surface area contributed by atoms with Crippen LogP contribution in [0.4, 0.5) is 0 Å². The summed E-state index contributed by atoms with van der Waals surface area (Å²) in [6, 6.07) is 0. The van der Waals surface area contributed by atoms with E-state index in [1.165, 1.54) is 77.0 Å². The zero-order valence-electron chi connectivity index (χ0n) is 42.2. The van der Waals surface area contributed by atoms with Gasteiger partial charge < -0.3 is 14.2 Å². The van der Waals surface area contributed by atoms with E-state index in [0.717, 1.165) is 116 Å². The van der Waals surface area contributed by atoms with Gasteiger partial charge in [-0.05, 0) is 116 Å². The van der Waals surface area contributed by atoms with Gasteiger partial charge in [0.1, 0.15) is 13.2 Å². The summed E-state index contributed by atoms with van der Waals surface area (Å²) in [6.07, 6.45) is 69.6. The van der Waals surface area contributed by atoms with Gasteiger partial charge in [-0.3, -0.25) is 14.4 Å². The number of hydrogen-bond donors (Lipinski definition) is 0. The number of esters is 3. The van der Waals surface area contributed by atoms with E-state index < -0.39 is 6.10 Å². The summed E-state index contributed by atoms with van der Waals surface area (Å²) in [5.74, 6) is -0.991. The van der Waals surface area contributed by atoms with Crippen LogP contribution in [0.25, 0.3) is 0 Å². The Morgan fingerprint density at radius 2 is 0.615 bits per heavy atom. The molecule has 0 aromatic carbocycles. The molecule has 0 saturated heterocycles. The Bertz CT molecular complexity index is 1310. The number of hydrogen-bond acceptors (Lipinski definition) is 6. The smallest absolute Gasteiger partial charge is 0.306 e. The Morgan fingerprint density at radius 3 is 1.05 bits per heavy atom. The number of carbonyl (C=O) groups excluding carboxylic acids is 3. The SMILES string of the molecule is CCC=CCC=CCC=CCCCCCCCC(=O)OCC(COC(=O)CCCC=CCC=CCC=CCC=CCCCCC)OC(=O)CCCCCCCC=CCCCCCCCC. The number of allylic oxidation sites excluding steroid dienone is 16. The van der Waals surface area contributed by atoms with E-state index in [1.807, 2.05) is 0 Å². The van der Waals surface area contributed by atoms with Crippen molar-refractivity contribution in [2.24, 2.45) is 0 Å². The first-order valence-corrected chi connectivity index (χ1v) is 26.7. The van der Waals surface area contributed by atoms with Crippen molar-refractivity contribution in [1.29, 1.82) is 0 Å². The molecule has 0 N–H and O–H groups in total. The van der Waals surface area contributed by atoms with Crippen LogP contribution in [-0.4, -0.2) is 37.2 Å². The molecule has 0 bridgehead atoms.